The van der Waals surface area contributed by atoms with Gasteiger partial charge in [-0.3, -0.25) is 4.98 Å². The number of fused-ring (bicyclic) bond motifs is 1. The van der Waals surface area contributed by atoms with E-state index in [1.54, 1.807) is 0 Å². The Labute approximate surface area is 64.7 Å². The predicted octanol–water partition coefficient (Wildman–Crippen LogP) is 1.48. The van der Waals surface area contributed by atoms with Gasteiger partial charge in [0.05, 0.1) is 0 Å². The molecule has 0 spiro atoms. The van der Waals surface area contributed by atoms with Crippen molar-refractivity contribution in [3.63, 3.8) is 0 Å². The number of H-pyrrole nitrogens is 1. The van der Waals surface area contributed by atoms with E-state index in [9.17, 15) is 10.2 Å². The van der Waals surface area contributed by atoms with Crippen molar-refractivity contribution < 1.29 is 10.2 Å². The van der Waals surface area contributed by atoms with Gasteiger partial charge in [-0.15, -0.1) is 0 Å². The summed E-state index contributed by atoms with van der Waals surface area (Å²) in [7, 11) is 0. The minimum atomic E-state index is 0.141. The van der Waals surface area contributed by atoms with Crippen molar-refractivity contribution in [2.75, 3.05) is 0 Å². The van der Waals surface area contributed by atoms with E-state index in [1.807, 2.05) is 0 Å². The lowest BCUT2D eigenvalue weighted by Crippen LogP contribution is -1.83. The standard InChI is InChI=1S/C8H11NO2/c1-4-2-3-5-6(4)8(11)9-7(5)10/h4,9-11H,2-3H2,1H3. The summed E-state index contributed by atoms with van der Waals surface area (Å²) in [5.74, 6) is 0.659. The van der Waals surface area contributed by atoms with Crippen molar-refractivity contribution in [1.82, 2.24) is 4.98 Å². The van der Waals surface area contributed by atoms with Crippen molar-refractivity contribution >= 4 is 0 Å². The summed E-state index contributed by atoms with van der Waals surface area (Å²) in [5, 5.41) is 18.6. The van der Waals surface area contributed by atoms with Crippen LogP contribution >= 0.6 is 0 Å². The molecule has 11 heavy (non-hydrogen) atoms. The zero-order chi connectivity index (χ0) is 8.01. The van der Waals surface area contributed by atoms with E-state index in [0.717, 1.165) is 24.0 Å². The second-order valence-corrected chi connectivity index (χ2v) is 3.15. The van der Waals surface area contributed by atoms with Crippen LogP contribution in [0.15, 0.2) is 0 Å². The minimum absolute atomic E-state index is 0.141. The van der Waals surface area contributed by atoms with Crippen LogP contribution < -0.4 is 0 Å². The first kappa shape index (κ1) is 6.58. The molecular formula is C8H11NO2. The Morgan fingerprint density at radius 3 is 2.73 bits per heavy atom. The van der Waals surface area contributed by atoms with Gasteiger partial charge >= 0.3 is 0 Å². The van der Waals surface area contributed by atoms with E-state index in [4.69, 9.17) is 0 Å². The van der Waals surface area contributed by atoms with E-state index >= 15 is 0 Å². The summed E-state index contributed by atoms with van der Waals surface area (Å²) in [6, 6.07) is 0. The quantitative estimate of drug-likeness (QED) is 0.528. The zero-order valence-corrected chi connectivity index (χ0v) is 6.39. The lowest BCUT2D eigenvalue weighted by atomic mass is 10.1. The number of hydrogen-bond acceptors (Lipinski definition) is 2. The second kappa shape index (κ2) is 1.94. The molecule has 3 heteroatoms. The molecule has 0 radical (unpaired) electrons. The highest BCUT2D eigenvalue weighted by atomic mass is 16.3. The Morgan fingerprint density at radius 2 is 2.09 bits per heavy atom. The molecule has 1 heterocycles. The molecule has 1 aromatic heterocycles. The molecule has 1 aromatic rings. The summed E-state index contributed by atoms with van der Waals surface area (Å²) >= 11 is 0. The van der Waals surface area contributed by atoms with E-state index in [1.165, 1.54) is 0 Å². The summed E-state index contributed by atoms with van der Waals surface area (Å²) in [6.07, 6.45) is 1.90. The first-order valence-electron chi connectivity index (χ1n) is 3.83. The molecule has 0 saturated carbocycles. The molecule has 0 fully saturated rings. The van der Waals surface area contributed by atoms with Gasteiger partial charge in [0, 0.05) is 11.1 Å². The number of hydrogen-bond donors (Lipinski definition) is 3. The van der Waals surface area contributed by atoms with E-state index < -0.39 is 0 Å². The number of nitrogens with one attached hydrogen (secondary N) is 1. The highest BCUT2D eigenvalue weighted by molar-refractivity contribution is 5.48. The third-order valence-corrected chi connectivity index (χ3v) is 2.42. The highest BCUT2D eigenvalue weighted by Crippen LogP contribution is 2.42. The molecule has 1 unspecified atom stereocenters. The topological polar surface area (TPSA) is 56.2 Å². The predicted molar refractivity (Wildman–Crippen MR) is 40.9 cm³/mol. The van der Waals surface area contributed by atoms with Crippen LogP contribution in [0, 0.1) is 0 Å². The van der Waals surface area contributed by atoms with Gasteiger partial charge in [0.1, 0.15) is 0 Å². The van der Waals surface area contributed by atoms with Gasteiger partial charge in [0.25, 0.3) is 0 Å². The second-order valence-electron chi connectivity index (χ2n) is 3.15. The third kappa shape index (κ3) is 0.737. The zero-order valence-electron chi connectivity index (χ0n) is 6.39. The largest absolute Gasteiger partial charge is 0.494 e. The van der Waals surface area contributed by atoms with Crippen LogP contribution in [-0.2, 0) is 6.42 Å². The Balaban J connectivity index is 2.60. The van der Waals surface area contributed by atoms with Gasteiger partial charge in [-0.1, -0.05) is 6.92 Å². The summed E-state index contributed by atoms with van der Waals surface area (Å²) in [4.78, 5) is 2.52. The highest BCUT2D eigenvalue weighted by Gasteiger charge is 2.27. The van der Waals surface area contributed by atoms with Gasteiger partial charge in [-0.2, -0.15) is 0 Å². The van der Waals surface area contributed by atoms with Crippen molar-refractivity contribution in [2.45, 2.75) is 25.7 Å². The fraction of sp³-hybridized carbons (Fsp3) is 0.500. The van der Waals surface area contributed by atoms with Crippen LogP contribution in [0.5, 0.6) is 11.8 Å². The monoisotopic (exact) mass is 153 g/mol. The lowest BCUT2D eigenvalue weighted by Gasteiger charge is -1.99. The van der Waals surface area contributed by atoms with Crippen LogP contribution in [0.25, 0.3) is 0 Å². The Bertz CT molecular complexity index is 291. The molecule has 1 atom stereocenters. The molecule has 60 valence electrons. The number of aromatic amines is 1. The lowest BCUT2D eigenvalue weighted by molar-refractivity contribution is 0.417. The fourth-order valence-electron chi connectivity index (χ4n) is 1.81. The third-order valence-electron chi connectivity index (χ3n) is 2.42. The van der Waals surface area contributed by atoms with Crippen molar-refractivity contribution in [3.8, 4) is 11.8 Å². The molecule has 0 bridgehead atoms. The Morgan fingerprint density at radius 1 is 1.36 bits per heavy atom. The maximum atomic E-state index is 9.31. The average Bonchev–Trinajstić information content (AvgIpc) is 2.41. The van der Waals surface area contributed by atoms with Crippen molar-refractivity contribution in [1.29, 1.82) is 0 Å². The average molecular weight is 153 g/mol. The molecule has 0 saturated heterocycles. The molecule has 0 amide bonds. The SMILES string of the molecule is CC1CCc2c(O)[nH]c(O)c21. The van der Waals surface area contributed by atoms with Crippen LogP contribution in [0.2, 0.25) is 0 Å². The van der Waals surface area contributed by atoms with E-state index in [0.29, 0.717) is 5.92 Å². The Kier molecular flexibility index (Phi) is 1.16. The van der Waals surface area contributed by atoms with Gasteiger partial charge < -0.3 is 10.2 Å². The van der Waals surface area contributed by atoms with Gasteiger partial charge in [-0.25, -0.2) is 0 Å². The normalized spacial score (nSPS) is 22.1. The maximum absolute atomic E-state index is 9.31. The molecule has 0 aromatic carbocycles. The van der Waals surface area contributed by atoms with Gasteiger partial charge in [0.2, 0.25) is 0 Å². The molecule has 3 nitrogen and oxygen atoms in total. The summed E-state index contributed by atoms with van der Waals surface area (Å²) in [5.41, 5.74) is 1.80. The molecule has 0 aliphatic heterocycles. The molecular weight excluding hydrogens is 142 g/mol. The number of aromatic nitrogens is 1. The first-order chi connectivity index (χ1) is 5.20. The van der Waals surface area contributed by atoms with Gasteiger partial charge in [0.15, 0.2) is 11.8 Å². The molecule has 2 rings (SSSR count). The number of rotatable bonds is 0. The van der Waals surface area contributed by atoms with Crippen molar-refractivity contribution in [2.24, 2.45) is 0 Å². The smallest absolute Gasteiger partial charge is 0.195 e. The maximum Gasteiger partial charge on any atom is 0.195 e. The molecule has 1 aliphatic rings. The van der Waals surface area contributed by atoms with Crippen LogP contribution in [0.1, 0.15) is 30.4 Å². The minimum Gasteiger partial charge on any atom is -0.494 e. The van der Waals surface area contributed by atoms with E-state index in [2.05, 4.69) is 11.9 Å². The Hall–Kier alpha value is -1.12. The van der Waals surface area contributed by atoms with Crippen LogP contribution in [0.3, 0.4) is 0 Å². The molecule has 1 aliphatic carbocycles. The van der Waals surface area contributed by atoms with Crippen LogP contribution in [-0.4, -0.2) is 15.2 Å². The summed E-state index contributed by atoms with van der Waals surface area (Å²) < 4.78 is 0. The first-order valence-corrected chi connectivity index (χ1v) is 3.83. The summed E-state index contributed by atoms with van der Waals surface area (Å²) in [6.45, 7) is 2.05. The van der Waals surface area contributed by atoms with Crippen LogP contribution in [0.4, 0.5) is 0 Å². The van der Waals surface area contributed by atoms with Crippen molar-refractivity contribution in [3.05, 3.63) is 11.1 Å². The van der Waals surface area contributed by atoms with E-state index in [-0.39, 0.29) is 11.8 Å². The molecule has 3 N–H and O–H groups in total. The van der Waals surface area contributed by atoms with Gasteiger partial charge in [-0.05, 0) is 18.8 Å². The number of aromatic hydroxyl groups is 2. The fourth-order valence-corrected chi connectivity index (χ4v) is 1.81.